The SMILES string of the molecule is CN(CCCNC(=O)c1ccccc1SCC(=O)NCC1CCCCC1)C1CCCCC1. The Morgan fingerprint density at radius 1 is 0.969 bits per heavy atom. The summed E-state index contributed by atoms with van der Waals surface area (Å²) in [6.45, 7) is 2.48. The summed E-state index contributed by atoms with van der Waals surface area (Å²) in [7, 11) is 2.21. The number of nitrogens with zero attached hydrogens (tertiary/aromatic N) is 1. The van der Waals surface area contributed by atoms with Gasteiger partial charge < -0.3 is 15.5 Å². The third-order valence-electron chi connectivity index (χ3n) is 6.97. The predicted molar refractivity (Wildman–Crippen MR) is 133 cm³/mol. The van der Waals surface area contributed by atoms with E-state index in [2.05, 4.69) is 22.6 Å². The Bertz CT molecular complexity index is 715. The molecule has 1 aromatic carbocycles. The second-order valence-corrected chi connectivity index (χ2v) is 10.5. The van der Waals surface area contributed by atoms with Gasteiger partial charge in [-0.3, -0.25) is 9.59 Å². The van der Waals surface area contributed by atoms with E-state index >= 15 is 0 Å². The average molecular weight is 460 g/mol. The van der Waals surface area contributed by atoms with Crippen LogP contribution in [-0.4, -0.2) is 55.2 Å². The number of carbonyl (C=O) groups excluding carboxylic acids is 2. The van der Waals surface area contributed by atoms with E-state index in [-0.39, 0.29) is 11.8 Å². The topological polar surface area (TPSA) is 61.4 Å². The highest BCUT2D eigenvalue weighted by Crippen LogP contribution is 2.24. The lowest BCUT2D eigenvalue weighted by Crippen LogP contribution is -2.36. The first kappa shape index (κ1) is 25.1. The van der Waals surface area contributed by atoms with Gasteiger partial charge in [0, 0.05) is 24.0 Å². The van der Waals surface area contributed by atoms with Crippen LogP contribution in [-0.2, 0) is 4.79 Å². The molecule has 2 N–H and O–H groups in total. The third-order valence-corrected chi connectivity index (χ3v) is 8.05. The zero-order chi connectivity index (χ0) is 22.6. The van der Waals surface area contributed by atoms with E-state index in [0.717, 1.165) is 24.4 Å². The molecule has 0 radical (unpaired) electrons. The van der Waals surface area contributed by atoms with Gasteiger partial charge in [-0.1, -0.05) is 50.7 Å². The van der Waals surface area contributed by atoms with Crippen molar-refractivity contribution in [3.05, 3.63) is 29.8 Å². The van der Waals surface area contributed by atoms with Crippen LogP contribution in [0.1, 0.15) is 81.0 Å². The maximum Gasteiger partial charge on any atom is 0.252 e. The molecule has 3 rings (SSSR count). The van der Waals surface area contributed by atoms with Crippen LogP contribution >= 0.6 is 11.8 Å². The Kier molecular flexibility index (Phi) is 10.9. The van der Waals surface area contributed by atoms with Crippen molar-refractivity contribution < 1.29 is 9.59 Å². The molecule has 2 fully saturated rings. The fraction of sp³-hybridized carbons (Fsp3) is 0.692. The van der Waals surface area contributed by atoms with Gasteiger partial charge in [0.25, 0.3) is 5.91 Å². The summed E-state index contributed by atoms with van der Waals surface area (Å²) in [6, 6.07) is 8.31. The Hall–Kier alpha value is -1.53. The lowest BCUT2D eigenvalue weighted by molar-refractivity contribution is -0.118. The molecule has 1 aromatic rings. The predicted octanol–water partition coefficient (Wildman–Crippen LogP) is 4.86. The molecular formula is C26H41N3O2S. The first-order valence-corrected chi connectivity index (χ1v) is 13.6. The normalized spacial score (nSPS) is 17.9. The number of thioether (sulfide) groups is 1. The average Bonchev–Trinajstić information content (AvgIpc) is 2.85. The van der Waals surface area contributed by atoms with Crippen molar-refractivity contribution in [2.45, 2.75) is 81.6 Å². The van der Waals surface area contributed by atoms with Crippen LogP contribution in [0.3, 0.4) is 0 Å². The van der Waals surface area contributed by atoms with Crippen LogP contribution in [0.15, 0.2) is 29.2 Å². The molecule has 32 heavy (non-hydrogen) atoms. The minimum Gasteiger partial charge on any atom is -0.355 e. The lowest BCUT2D eigenvalue weighted by atomic mass is 9.89. The second kappa shape index (κ2) is 13.9. The van der Waals surface area contributed by atoms with Gasteiger partial charge in [0.1, 0.15) is 0 Å². The monoisotopic (exact) mass is 459 g/mol. The van der Waals surface area contributed by atoms with E-state index in [1.54, 1.807) is 0 Å². The summed E-state index contributed by atoms with van der Waals surface area (Å²) in [6.07, 6.45) is 14.0. The van der Waals surface area contributed by atoms with Crippen molar-refractivity contribution in [2.24, 2.45) is 5.92 Å². The van der Waals surface area contributed by atoms with Crippen molar-refractivity contribution in [3.8, 4) is 0 Å². The van der Waals surface area contributed by atoms with Gasteiger partial charge in [-0.15, -0.1) is 11.8 Å². The number of rotatable bonds is 11. The van der Waals surface area contributed by atoms with Crippen molar-refractivity contribution in [1.29, 1.82) is 0 Å². The van der Waals surface area contributed by atoms with Crippen LogP contribution in [0, 0.1) is 5.92 Å². The molecule has 0 saturated heterocycles. The van der Waals surface area contributed by atoms with E-state index in [0.29, 0.717) is 29.8 Å². The maximum absolute atomic E-state index is 12.8. The zero-order valence-electron chi connectivity index (χ0n) is 19.7. The Labute approximate surface area is 198 Å². The Balaban J connectivity index is 1.37. The van der Waals surface area contributed by atoms with Crippen LogP contribution in [0.5, 0.6) is 0 Å². The molecule has 0 aliphatic heterocycles. The van der Waals surface area contributed by atoms with Gasteiger partial charge >= 0.3 is 0 Å². The van der Waals surface area contributed by atoms with Gasteiger partial charge in [0.2, 0.25) is 5.91 Å². The molecule has 178 valence electrons. The van der Waals surface area contributed by atoms with Crippen LogP contribution < -0.4 is 10.6 Å². The first-order chi connectivity index (χ1) is 15.6. The molecule has 2 amide bonds. The Morgan fingerprint density at radius 3 is 2.41 bits per heavy atom. The van der Waals surface area contributed by atoms with Crippen molar-refractivity contribution in [2.75, 3.05) is 32.4 Å². The highest BCUT2D eigenvalue weighted by Gasteiger charge is 2.18. The smallest absolute Gasteiger partial charge is 0.252 e. The molecule has 0 unspecified atom stereocenters. The molecule has 5 nitrogen and oxygen atoms in total. The largest absolute Gasteiger partial charge is 0.355 e. The van der Waals surface area contributed by atoms with Gasteiger partial charge in [-0.25, -0.2) is 0 Å². The molecular weight excluding hydrogens is 418 g/mol. The van der Waals surface area contributed by atoms with E-state index in [4.69, 9.17) is 0 Å². The molecule has 2 aliphatic rings. The molecule has 0 atom stereocenters. The van der Waals surface area contributed by atoms with Crippen molar-refractivity contribution in [1.82, 2.24) is 15.5 Å². The summed E-state index contributed by atoms with van der Waals surface area (Å²) in [4.78, 5) is 28.4. The number of amides is 2. The highest BCUT2D eigenvalue weighted by molar-refractivity contribution is 8.00. The number of nitrogens with one attached hydrogen (secondary N) is 2. The number of benzene rings is 1. The molecule has 2 saturated carbocycles. The number of hydrogen-bond acceptors (Lipinski definition) is 4. The van der Waals surface area contributed by atoms with Crippen molar-refractivity contribution in [3.63, 3.8) is 0 Å². The quantitative estimate of drug-likeness (QED) is 0.366. The number of hydrogen-bond donors (Lipinski definition) is 2. The van der Waals surface area contributed by atoms with Crippen molar-refractivity contribution >= 4 is 23.6 Å². The summed E-state index contributed by atoms with van der Waals surface area (Å²) >= 11 is 1.45. The number of carbonyl (C=O) groups is 2. The summed E-state index contributed by atoms with van der Waals surface area (Å²) in [5.74, 6) is 0.994. The second-order valence-electron chi connectivity index (χ2n) is 9.47. The third kappa shape index (κ3) is 8.43. The van der Waals surface area contributed by atoms with Gasteiger partial charge in [0.15, 0.2) is 0 Å². The molecule has 0 spiro atoms. The molecule has 2 aliphatic carbocycles. The highest BCUT2D eigenvalue weighted by atomic mass is 32.2. The minimum atomic E-state index is -0.0453. The van der Waals surface area contributed by atoms with E-state index in [1.807, 2.05) is 24.3 Å². The fourth-order valence-corrected chi connectivity index (χ4v) is 5.83. The molecule has 6 heteroatoms. The van der Waals surface area contributed by atoms with Gasteiger partial charge in [-0.2, -0.15) is 0 Å². The maximum atomic E-state index is 12.8. The summed E-state index contributed by atoms with van der Waals surface area (Å²) < 4.78 is 0. The van der Waals surface area contributed by atoms with E-state index in [9.17, 15) is 9.59 Å². The first-order valence-electron chi connectivity index (χ1n) is 12.6. The minimum absolute atomic E-state index is 0.0453. The molecule has 0 bridgehead atoms. The van der Waals surface area contributed by atoms with Crippen LogP contribution in [0.2, 0.25) is 0 Å². The summed E-state index contributed by atoms with van der Waals surface area (Å²) in [5, 5.41) is 6.16. The van der Waals surface area contributed by atoms with Crippen LogP contribution in [0.4, 0.5) is 0 Å². The van der Waals surface area contributed by atoms with Gasteiger partial charge in [-0.05, 0) is 63.7 Å². The van der Waals surface area contributed by atoms with Crippen LogP contribution in [0.25, 0.3) is 0 Å². The van der Waals surface area contributed by atoms with E-state index in [1.165, 1.54) is 76.0 Å². The molecule has 0 aromatic heterocycles. The fourth-order valence-electron chi connectivity index (χ4n) is 4.95. The van der Waals surface area contributed by atoms with Gasteiger partial charge in [0.05, 0.1) is 11.3 Å². The standard InChI is InChI=1S/C26H41N3O2S/c1-29(22-13-6-3-7-14-22)18-10-17-27-26(31)23-15-8-9-16-24(23)32-20-25(30)28-19-21-11-4-2-5-12-21/h8-9,15-16,21-22H,2-7,10-14,17-20H2,1H3,(H,27,31)(H,28,30). The zero-order valence-corrected chi connectivity index (χ0v) is 20.6. The molecule has 0 heterocycles. The lowest BCUT2D eigenvalue weighted by Gasteiger charge is -2.31. The Morgan fingerprint density at radius 2 is 1.66 bits per heavy atom. The van der Waals surface area contributed by atoms with E-state index < -0.39 is 0 Å². The summed E-state index contributed by atoms with van der Waals surface area (Å²) in [5.41, 5.74) is 0.665.